The van der Waals surface area contributed by atoms with Crippen molar-refractivity contribution in [3.8, 4) is 6.07 Å². The molecular formula is C15H13F2NO2S. The standard InChI is InChI=1S/C15H13F2NO2S/c16-14-7-13(15(17)6-10(14)8-18)9-4-11-2-1-3-12(5-9)21(11,19)20/h4,6-7,11-12H,1-3,5H2. The van der Waals surface area contributed by atoms with E-state index < -0.39 is 32.0 Å². The maximum absolute atomic E-state index is 14.1. The summed E-state index contributed by atoms with van der Waals surface area (Å²) in [6, 6.07) is 3.45. The van der Waals surface area contributed by atoms with E-state index in [4.69, 9.17) is 5.26 Å². The lowest BCUT2D eigenvalue weighted by molar-refractivity contribution is 0.516. The van der Waals surface area contributed by atoms with E-state index in [-0.39, 0.29) is 17.5 Å². The molecule has 0 aliphatic carbocycles. The summed E-state index contributed by atoms with van der Waals surface area (Å²) >= 11 is 0. The van der Waals surface area contributed by atoms with Crippen LogP contribution in [0.2, 0.25) is 0 Å². The molecule has 0 amide bonds. The lowest BCUT2D eigenvalue weighted by Crippen LogP contribution is -2.38. The second kappa shape index (κ2) is 4.92. The second-order valence-electron chi connectivity index (χ2n) is 5.50. The lowest BCUT2D eigenvalue weighted by Gasteiger charge is -2.33. The van der Waals surface area contributed by atoms with Gasteiger partial charge < -0.3 is 0 Å². The molecule has 2 aliphatic heterocycles. The zero-order valence-electron chi connectivity index (χ0n) is 11.1. The van der Waals surface area contributed by atoms with Crippen molar-refractivity contribution in [2.45, 2.75) is 36.2 Å². The lowest BCUT2D eigenvalue weighted by atomic mass is 9.92. The van der Waals surface area contributed by atoms with Crippen molar-refractivity contribution in [3.05, 3.63) is 41.0 Å². The Morgan fingerprint density at radius 3 is 2.62 bits per heavy atom. The molecule has 0 radical (unpaired) electrons. The van der Waals surface area contributed by atoms with E-state index in [1.54, 1.807) is 12.1 Å². The van der Waals surface area contributed by atoms with Crippen LogP contribution in [-0.2, 0) is 9.84 Å². The van der Waals surface area contributed by atoms with E-state index in [0.717, 1.165) is 18.6 Å². The molecule has 2 aliphatic rings. The van der Waals surface area contributed by atoms with Crippen LogP contribution in [0.5, 0.6) is 0 Å². The highest BCUT2D eigenvalue weighted by atomic mass is 32.2. The van der Waals surface area contributed by atoms with Gasteiger partial charge in [0.25, 0.3) is 0 Å². The van der Waals surface area contributed by atoms with Crippen LogP contribution in [0.1, 0.15) is 36.8 Å². The average Bonchev–Trinajstić information content (AvgIpc) is 2.40. The molecule has 6 heteroatoms. The summed E-state index contributed by atoms with van der Waals surface area (Å²) in [5.74, 6) is -1.47. The van der Waals surface area contributed by atoms with Crippen molar-refractivity contribution in [2.24, 2.45) is 0 Å². The summed E-state index contributed by atoms with van der Waals surface area (Å²) in [5.41, 5.74) is 0.249. The Bertz CT molecular complexity index is 778. The van der Waals surface area contributed by atoms with Crippen LogP contribution in [0.15, 0.2) is 18.2 Å². The Hall–Kier alpha value is -1.74. The molecule has 3 rings (SSSR count). The van der Waals surface area contributed by atoms with Crippen LogP contribution in [0.25, 0.3) is 5.57 Å². The van der Waals surface area contributed by atoms with E-state index in [1.165, 1.54) is 0 Å². The summed E-state index contributed by atoms with van der Waals surface area (Å²) in [4.78, 5) is 0. The molecule has 110 valence electrons. The molecule has 1 aromatic rings. The normalized spacial score (nSPS) is 26.8. The topological polar surface area (TPSA) is 57.9 Å². The largest absolute Gasteiger partial charge is 0.228 e. The third-order valence-electron chi connectivity index (χ3n) is 4.26. The molecule has 0 aromatic heterocycles. The Balaban J connectivity index is 2.09. The number of nitrogens with zero attached hydrogens (tertiary/aromatic N) is 1. The number of hydrogen-bond donors (Lipinski definition) is 0. The van der Waals surface area contributed by atoms with Crippen molar-refractivity contribution < 1.29 is 17.2 Å². The van der Waals surface area contributed by atoms with Crippen LogP contribution in [-0.4, -0.2) is 18.9 Å². The SMILES string of the molecule is N#Cc1cc(F)c(C2=CC3CCCC(C2)S3(=O)=O)cc1F. The van der Waals surface area contributed by atoms with Crippen molar-refractivity contribution in [3.63, 3.8) is 0 Å². The second-order valence-corrected chi connectivity index (χ2v) is 7.95. The minimum absolute atomic E-state index is 0.0679. The fraction of sp³-hybridized carbons (Fsp3) is 0.400. The van der Waals surface area contributed by atoms with Gasteiger partial charge in [0.2, 0.25) is 0 Å². The third kappa shape index (κ3) is 2.26. The molecule has 1 fully saturated rings. The predicted octanol–water partition coefficient (Wildman–Crippen LogP) is 2.96. The minimum atomic E-state index is -3.19. The molecule has 2 unspecified atom stereocenters. The monoisotopic (exact) mass is 309 g/mol. The first-order valence-electron chi connectivity index (χ1n) is 6.76. The van der Waals surface area contributed by atoms with E-state index in [1.807, 2.05) is 0 Å². The molecule has 0 spiro atoms. The van der Waals surface area contributed by atoms with Crippen LogP contribution in [0.4, 0.5) is 8.78 Å². The van der Waals surface area contributed by atoms with Gasteiger partial charge in [0.15, 0.2) is 9.84 Å². The van der Waals surface area contributed by atoms with Crippen molar-refractivity contribution in [1.29, 1.82) is 5.26 Å². The maximum Gasteiger partial charge on any atom is 0.159 e. The van der Waals surface area contributed by atoms with Crippen LogP contribution in [0.3, 0.4) is 0 Å². The van der Waals surface area contributed by atoms with Gasteiger partial charge in [-0.2, -0.15) is 5.26 Å². The third-order valence-corrected chi connectivity index (χ3v) is 6.81. The summed E-state index contributed by atoms with van der Waals surface area (Å²) in [6.07, 6.45) is 3.69. The number of nitriles is 1. The Morgan fingerprint density at radius 1 is 1.19 bits per heavy atom. The molecular weight excluding hydrogens is 296 g/mol. The van der Waals surface area contributed by atoms with Gasteiger partial charge in [0.1, 0.15) is 17.7 Å². The zero-order valence-corrected chi connectivity index (χ0v) is 12.0. The van der Waals surface area contributed by atoms with E-state index >= 15 is 0 Å². The fourth-order valence-corrected chi connectivity index (χ4v) is 5.39. The molecule has 0 saturated carbocycles. The van der Waals surface area contributed by atoms with Gasteiger partial charge in [0.05, 0.1) is 16.1 Å². The summed E-state index contributed by atoms with van der Waals surface area (Å²) in [6.45, 7) is 0. The number of sulfone groups is 1. The molecule has 2 heterocycles. The quantitative estimate of drug-likeness (QED) is 0.801. The maximum atomic E-state index is 14.1. The number of fused-ring (bicyclic) bond motifs is 2. The fourth-order valence-electron chi connectivity index (χ4n) is 3.13. The number of hydrogen-bond acceptors (Lipinski definition) is 3. The Labute approximate surface area is 121 Å². The molecule has 2 bridgehead atoms. The summed E-state index contributed by atoms with van der Waals surface area (Å²) in [7, 11) is -3.19. The van der Waals surface area contributed by atoms with Crippen LogP contribution in [0, 0.1) is 23.0 Å². The number of benzene rings is 1. The van der Waals surface area contributed by atoms with Gasteiger partial charge in [-0.25, -0.2) is 17.2 Å². The summed E-state index contributed by atoms with van der Waals surface area (Å²) in [5, 5.41) is 7.59. The molecule has 1 aromatic carbocycles. The summed E-state index contributed by atoms with van der Waals surface area (Å²) < 4.78 is 52.1. The Morgan fingerprint density at radius 2 is 1.95 bits per heavy atom. The smallest absolute Gasteiger partial charge is 0.159 e. The van der Waals surface area contributed by atoms with E-state index in [0.29, 0.717) is 18.4 Å². The molecule has 2 atom stereocenters. The molecule has 0 N–H and O–H groups in total. The highest BCUT2D eigenvalue weighted by Crippen LogP contribution is 2.40. The highest BCUT2D eigenvalue weighted by Gasteiger charge is 2.40. The zero-order chi connectivity index (χ0) is 15.2. The van der Waals surface area contributed by atoms with Gasteiger partial charge in [0, 0.05) is 5.56 Å². The van der Waals surface area contributed by atoms with E-state index in [9.17, 15) is 17.2 Å². The highest BCUT2D eigenvalue weighted by molar-refractivity contribution is 7.93. The van der Waals surface area contributed by atoms with Gasteiger partial charge in [-0.3, -0.25) is 0 Å². The van der Waals surface area contributed by atoms with Crippen molar-refractivity contribution >= 4 is 15.4 Å². The van der Waals surface area contributed by atoms with Crippen LogP contribution >= 0.6 is 0 Å². The number of halogens is 2. The first-order valence-corrected chi connectivity index (χ1v) is 8.37. The first kappa shape index (κ1) is 14.2. The van der Waals surface area contributed by atoms with Gasteiger partial charge >= 0.3 is 0 Å². The molecule has 1 saturated heterocycles. The van der Waals surface area contributed by atoms with Crippen molar-refractivity contribution in [1.82, 2.24) is 0 Å². The first-order chi connectivity index (χ1) is 9.93. The van der Waals surface area contributed by atoms with Gasteiger partial charge in [-0.1, -0.05) is 12.5 Å². The van der Waals surface area contributed by atoms with E-state index in [2.05, 4.69) is 0 Å². The minimum Gasteiger partial charge on any atom is -0.228 e. The number of rotatable bonds is 1. The predicted molar refractivity (Wildman–Crippen MR) is 74.0 cm³/mol. The van der Waals surface area contributed by atoms with Crippen molar-refractivity contribution in [2.75, 3.05) is 0 Å². The van der Waals surface area contributed by atoms with Crippen LogP contribution < -0.4 is 0 Å². The van der Waals surface area contributed by atoms with Gasteiger partial charge in [-0.05, 0) is 37.0 Å². The molecule has 3 nitrogen and oxygen atoms in total. The Kier molecular flexibility index (Phi) is 3.33. The average molecular weight is 309 g/mol. The molecule has 21 heavy (non-hydrogen) atoms. The van der Waals surface area contributed by atoms with Gasteiger partial charge in [-0.15, -0.1) is 0 Å². The number of allylic oxidation sites excluding steroid dienone is 1.